The molecule has 4 nitrogen and oxygen atoms in total. The summed E-state index contributed by atoms with van der Waals surface area (Å²) in [5.74, 6) is 0. The number of hydrogen-bond acceptors (Lipinski definition) is 4. The van der Waals surface area contributed by atoms with Gasteiger partial charge in [-0.1, -0.05) is 166 Å². The van der Waals surface area contributed by atoms with E-state index in [1.165, 1.54) is 138 Å². The molecule has 0 spiro atoms. The van der Waals surface area contributed by atoms with Gasteiger partial charge in [-0.15, -0.1) is 0 Å². The van der Waals surface area contributed by atoms with Gasteiger partial charge < -0.3 is 19.1 Å². The number of nitrogens with zero attached hydrogens (tertiary/aromatic N) is 3. The van der Waals surface area contributed by atoms with Crippen LogP contribution in [0.4, 0.5) is 45.5 Å². The van der Waals surface area contributed by atoms with Crippen LogP contribution in [0.1, 0.15) is 226 Å². The maximum atomic E-state index is 7.86. The first-order valence-electron chi connectivity index (χ1n) is 30.7. The van der Waals surface area contributed by atoms with E-state index in [2.05, 4.69) is 236 Å². The zero-order valence-corrected chi connectivity index (χ0v) is 51.2. The van der Waals surface area contributed by atoms with Crippen molar-refractivity contribution < 1.29 is 4.42 Å². The van der Waals surface area contributed by atoms with Gasteiger partial charge in [0.05, 0.1) is 16.9 Å². The minimum absolute atomic E-state index is 0.00575. The highest BCUT2D eigenvalue weighted by molar-refractivity contribution is 7.00. The Kier molecular flexibility index (Phi) is 10.5. The van der Waals surface area contributed by atoms with Crippen LogP contribution in [0.2, 0.25) is 0 Å². The highest BCUT2D eigenvalue weighted by atomic mass is 16.3. The van der Waals surface area contributed by atoms with Crippen molar-refractivity contribution in [1.29, 1.82) is 0 Å². The summed E-state index contributed by atoms with van der Waals surface area (Å²) in [5.41, 5.74) is 26.5. The minimum atomic E-state index is -0.160. The van der Waals surface area contributed by atoms with E-state index in [-0.39, 0.29) is 55.6 Å². The zero-order chi connectivity index (χ0) is 55.7. The maximum absolute atomic E-state index is 7.86. The third-order valence-electron chi connectivity index (χ3n) is 22.9. The number of furan rings is 1. The van der Waals surface area contributed by atoms with E-state index in [4.69, 9.17) is 4.42 Å². The van der Waals surface area contributed by atoms with Gasteiger partial charge in [-0.05, 0) is 212 Å². The zero-order valence-electron chi connectivity index (χ0n) is 51.2. The van der Waals surface area contributed by atoms with Crippen LogP contribution < -0.4 is 31.3 Å². The quantitative estimate of drug-likeness (QED) is 0.165. The van der Waals surface area contributed by atoms with E-state index >= 15 is 0 Å². The average Bonchev–Trinajstić information content (AvgIpc) is 2.89. The lowest BCUT2D eigenvalue weighted by atomic mass is 9.35. The average molecular weight is 1050 g/mol. The van der Waals surface area contributed by atoms with Crippen LogP contribution in [0.5, 0.6) is 0 Å². The summed E-state index contributed by atoms with van der Waals surface area (Å²) < 4.78 is 7.86. The standard InChI is InChI=1S/C74H88BN3O/c1-66(2,3)45-24-29-59-57(38-45)75-63-60(76(59)46-25-27-50-53(39-46)69(8,9)34-32-67(50,4)5)41-48(78-58-23-19-18-22-52(58)73(16)30-20-21-31-74(73,78)17)42-61(63)77(47-26-28-51-54(40-47)70(10,11)35-33-68(51,6)7)64-49-43-55-56(44-62(49)79-65(64)75)72(14,15)37-36-71(55,12)13/h18-19,22-29,38-44H,20-21,30-37H2,1-17H3. The van der Waals surface area contributed by atoms with Crippen molar-refractivity contribution in [2.45, 2.75) is 231 Å². The molecule has 7 aliphatic rings. The van der Waals surface area contributed by atoms with E-state index in [9.17, 15) is 0 Å². The van der Waals surface area contributed by atoms with Gasteiger partial charge in [0.2, 0.25) is 0 Å². The van der Waals surface area contributed by atoms with Crippen LogP contribution in [0.15, 0.2) is 108 Å². The number of benzene rings is 6. The molecule has 0 radical (unpaired) electrons. The molecule has 1 saturated carbocycles. The molecule has 4 aliphatic carbocycles. The molecule has 0 amide bonds. The smallest absolute Gasteiger partial charge is 0.297 e. The molecule has 7 aromatic rings. The van der Waals surface area contributed by atoms with Crippen molar-refractivity contribution in [3.8, 4) is 0 Å². The molecule has 5 heteroatoms. The summed E-state index contributed by atoms with van der Waals surface area (Å²) in [4.78, 5) is 8.27. The van der Waals surface area contributed by atoms with E-state index < -0.39 is 0 Å². The molecular formula is C74H88BN3O. The van der Waals surface area contributed by atoms with Gasteiger partial charge in [-0.3, -0.25) is 0 Å². The summed E-state index contributed by atoms with van der Waals surface area (Å²) >= 11 is 0. The van der Waals surface area contributed by atoms with Crippen molar-refractivity contribution in [2.75, 3.05) is 14.7 Å². The van der Waals surface area contributed by atoms with Gasteiger partial charge >= 0.3 is 0 Å². The predicted octanol–water partition coefficient (Wildman–Crippen LogP) is 18.6. The summed E-state index contributed by atoms with van der Waals surface area (Å²) in [6.45, 7) is 41.9. The van der Waals surface area contributed by atoms with Crippen molar-refractivity contribution in [2.24, 2.45) is 0 Å². The second kappa shape index (κ2) is 16.1. The summed E-state index contributed by atoms with van der Waals surface area (Å²) in [5, 5.41) is 1.23. The maximum Gasteiger partial charge on any atom is 0.297 e. The summed E-state index contributed by atoms with van der Waals surface area (Å²) in [6, 6.07) is 42.6. The van der Waals surface area contributed by atoms with Gasteiger partial charge in [0, 0.05) is 50.6 Å². The molecule has 0 N–H and O–H groups in total. The fourth-order valence-electron chi connectivity index (χ4n) is 17.2. The molecule has 6 aromatic carbocycles. The Morgan fingerprint density at radius 2 is 0.937 bits per heavy atom. The Morgan fingerprint density at radius 1 is 0.430 bits per heavy atom. The van der Waals surface area contributed by atoms with Gasteiger partial charge in [0.15, 0.2) is 0 Å². The van der Waals surface area contributed by atoms with Gasteiger partial charge in [-0.2, -0.15) is 0 Å². The Balaban J connectivity index is 1.15. The first-order chi connectivity index (χ1) is 37.0. The van der Waals surface area contributed by atoms with Crippen LogP contribution in [0.25, 0.3) is 11.0 Å². The van der Waals surface area contributed by atoms with Crippen molar-refractivity contribution in [3.05, 3.63) is 148 Å². The topological polar surface area (TPSA) is 22.9 Å². The number of anilines is 8. The van der Waals surface area contributed by atoms with E-state index in [1.54, 1.807) is 0 Å². The van der Waals surface area contributed by atoms with Crippen molar-refractivity contribution in [1.82, 2.24) is 0 Å². The molecule has 408 valence electrons. The fourth-order valence-corrected chi connectivity index (χ4v) is 17.2. The lowest BCUT2D eigenvalue weighted by Crippen LogP contribution is -2.61. The van der Waals surface area contributed by atoms with Crippen LogP contribution in [0.3, 0.4) is 0 Å². The van der Waals surface area contributed by atoms with Crippen LogP contribution in [0, 0.1) is 0 Å². The molecular weight excluding hydrogens is 958 g/mol. The highest BCUT2D eigenvalue weighted by Crippen LogP contribution is 2.63. The molecule has 1 fully saturated rings. The molecule has 3 aliphatic heterocycles. The summed E-state index contributed by atoms with van der Waals surface area (Å²) in [7, 11) is 0. The first kappa shape index (κ1) is 51.5. The number of hydrogen-bond donors (Lipinski definition) is 0. The predicted molar refractivity (Wildman–Crippen MR) is 338 cm³/mol. The van der Waals surface area contributed by atoms with Crippen LogP contribution >= 0.6 is 0 Å². The van der Waals surface area contributed by atoms with Crippen molar-refractivity contribution >= 4 is 79.8 Å². The van der Waals surface area contributed by atoms with Gasteiger partial charge in [0.1, 0.15) is 5.58 Å². The van der Waals surface area contributed by atoms with Gasteiger partial charge in [-0.25, -0.2) is 0 Å². The van der Waals surface area contributed by atoms with E-state index in [0.717, 1.165) is 43.3 Å². The molecule has 0 bridgehead atoms. The fraction of sp³-hybridized carbons (Fsp3) is 0.486. The highest BCUT2D eigenvalue weighted by Gasteiger charge is 2.58. The Bertz CT molecular complexity index is 3760. The third-order valence-corrected chi connectivity index (χ3v) is 22.9. The van der Waals surface area contributed by atoms with E-state index in [1.807, 2.05) is 0 Å². The van der Waals surface area contributed by atoms with Crippen LogP contribution in [-0.4, -0.2) is 12.3 Å². The van der Waals surface area contributed by atoms with Crippen LogP contribution in [-0.2, 0) is 43.3 Å². The Morgan fingerprint density at radius 3 is 1.52 bits per heavy atom. The third kappa shape index (κ3) is 7.05. The second-order valence-electron chi connectivity index (χ2n) is 31.7. The number of para-hydroxylation sites is 1. The first-order valence-corrected chi connectivity index (χ1v) is 30.7. The molecule has 2 atom stereocenters. The normalized spacial score (nSPS) is 24.9. The molecule has 14 rings (SSSR count). The summed E-state index contributed by atoms with van der Waals surface area (Å²) in [6.07, 6.45) is 11.8. The second-order valence-corrected chi connectivity index (χ2v) is 31.7. The minimum Gasteiger partial charge on any atom is -0.468 e. The molecule has 2 unspecified atom stereocenters. The lowest BCUT2D eigenvalue weighted by Gasteiger charge is -2.51. The molecule has 0 saturated heterocycles. The van der Waals surface area contributed by atoms with Crippen molar-refractivity contribution in [3.63, 3.8) is 0 Å². The number of rotatable bonds is 3. The SMILES string of the molecule is CC(C)(C)c1ccc2c(c1)B1c3oc4cc5c(cc4c3N(c3ccc4c(c3)C(C)(C)CCC4(C)C)c3cc(N4c6ccccc6C6(C)CCCCC46C)cc(c31)N2c1ccc2c(c1)C(C)(C)CCC2(C)C)C(C)(C)CCC5(C)C. The monoisotopic (exact) mass is 1050 g/mol. The number of fused-ring (bicyclic) bond motifs is 12. The molecule has 79 heavy (non-hydrogen) atoms. The lowest BCUT2D eigenvalue weighted by molar-refractivity contribution is 0.195. The molecule has 4 heterocycles. The largest absolute Gasteiger partial charge is 0.468 e. The Labute approximate surface area is 474 Å². The van der Waals surface area contributed by atoms with E-state index in [0.29, 0.717) is 0 Å². The Hall–Kier alpha value is -5.68. The molecule has 1 aromatic heterocycles. The van der Waals surface area contributed by atoms with Gasteiger partial charge in [0.25, 0.3) is 6.71 Å².